The molecule has 0 fully saturated rings. The molecular formula is C83H115ClO3. The van der Waals surface area contributed by atoms with E-state index in [1.807, 2.05) is 13.0 Å². The molecule has 0 saturated carbocycles. The second kappa shape index (κ2) is 30.2. The van der Waals surface area contributed by atoms with Crippen LogP contribution in [0.5, 0.6) is 17.2 Å². The van der Waals surface area contributed by atoms with Crippen LogP contribution >= 0.6 is 11.6 Å². The Bertz CT molecular complexity index is 3130. The lowest BCUT2D eigenvalue weighted by Gasteiger charge is -2.23. The van der Waals surface area contributed by atoms with Gasteiger partial charge in [-0.3, -0.25) is 0 Å². The molecule has 0 amide bonds. The number of ether oxygens (including phenoxy) is 3. The Morgan fingerprint density at radius 3 is 1.07 bits per heavy atom. The average molecular weight is 1200 g/mol. The molecule has 0 atom stereocenters. The topological polar surface area (TPSA) is 27.7 Å². The van der Waals surface area contributed by atoms with Crippen LogP contribution in [0, 0.1) is 20.8 Å². The van der Waals surface area contributed by atoms with Gasteiger partial charge in [0.15, 0.2) is 11.5 Å². The molecule has 0 bridgehead atoms. The largest absolute Gasteiger partial charge is 0.493 e. The second-order valence-corrected chi connectivity index (χ2v) is 32.3. The molecule has 0 aromatic heterocycles. The molecule has 2 aliphatic heterocycles. The molecule has 0 unspecified atom stereocenters. The maximum atomic E-state index is 6.02. The summed E-state index contributed by atoms with van der Waals surface area (Å²) in [6.45, 7) is 55.4. The molecule has 0 radical (unpaired) electrons. The van der Waals surface area contributed by atoms with Gasteiger partial charge >= 0.3 is 0 Å². The molecule has 2 aliphatic carbocycles. The number of benzene rings is 7. The first-order valence-corrected chi connectivity index (χ1v) is 32.9. The van der Waals surface area contributed by atoms with Crippen LogP contribution in [0.2, 0.25) is 5.02 Å². The Kier molecular flexibility index (Phi) is 25.0. The normalized spacial score (nSPS) is 14.1. The Labute approximate surface area is 536 Å². The van der Waals surface area contributed by atoms with Gasteiger partial charge in [-0.05, 0) is 194 Å². The fraction of sp³-hybridized carbons (Fsp3) is 0.494. The minimum Gasteiger partial charge on any atom is -0.493 e. The van der Waals surface area contributed by atoms with Crippen LogP contribution in [-0.4, -0.2) is 19.8 Å². The third-order valence-electron chi connectivity index (χ3n) is 16.7. The van der Waals surface area contributed by atoms with Crippen molar-refractivity contribution in [3.05, 3.63) is 228 Å². The fourth-order valence-electron chi connectivity index (χ4n) is 10.4. The van der Waals surface area contributed by atoms with E-state index in [4.69, 9.17) is 25.8 Å². The summed E-state index contributed by atoms with van der Waals surface area (Å²) in [7, 11) is 0. The number of hydrogen-bond acceptors (Lipinski definition) is 3. The van der Waals surface area contributed by atoms with Crippen LogP contribution < -0.4 is 14.2 Å². The van der Waals surface area contributed by atoms with E-state index in [1.54, 1.807) is 22.3 Å². The van der Waals surface area contributed by atoms with Crippen molar-refractivity contribution in [2.45, 2.75) is 249 Å². The zero-order chi connectivity index (χ0) is 64.9. The van der Waals surface area contributed by atoms with E-state index < -0.39 is 0 Å². The quantitative estimate of drug-likeness (QED) is 0.151. The molecule has 0 saturated heterocycles. The van der Waals surface area contributed by atoms with Gasteiger partial charge in [0.2, 0.25) is 0 Å². The molecule has 11 rings (SSSR count). The maximum Gasteiger partial charge on any atom is 0.161 e. The standard InChI is InChI=1S/2C13H18.C12H16O2.C12H16O.C11H15Cl.2C11H16/c2*1-13(2,3)12-8-7-10-5-4-6-11(10)9-12;1-12(2,3)9-4-5-10-11(8-9)14-7-6-13-10;1-12(2,3)10-5-4-9-6-7-13-11(9)8-10;1-8-5-6-9(7-10(8)12)11(2,3)4;1-9-5-7-10(8-6-9)11(2,3)4;1-9-6-5-7-10(8-9)11(2,3)4/h2*7-9H,4-6H2,1-3H3;4-5,8H,6-7H2,1-3H3;4-5,8H,6-7H2,1-3H3;5-7H,1-4H3;2*5-8H,1-4H3. The van der Waals surface area contributed by atoms with Crippen LogP contribution in [0.3, 0.4) is 0 Å². The number of aryl methyl sites for hydroxylation is 7. The average Bonchev–Trinajstić information content (AvgIpc) is 4.39. The molecule has 472 valence electrons. The first kappa shape index (κ1) is 72.0. The van der Waals surface area contributed by atoms with Crippen molar-refractivity contribution in [1.29, 1.82) is 0 Å². The smallest absolute Gasteiger partial charge is 0.161 e. The lowest BCUT2D eigenvalue weighted by molar-refractivity contribution is 0.171. The van der Waals surface area contributed by atoms with Crippen molar-refractivity contribution < 1.29 is 14.2 Å². The Balaban J connectivity index is 0.000000185. The van der Waals surface area contributed by atoms with E-state index in [0.717, 1.165) is 40.9 Å². The number of halogens is 1. The summed E-state index contributed by atoms with van der Waals surface area (Å²) in [6.07, 6.45) is 8.93. The molecule has 2 heterocycles. The summed E-state index contributed by atoms with van der Waals surface area (Å²) in [6, 6.07) is 50.5. The highest BCUT2D eigenvalue weighted by molar-refractivity contribution is 6.31. The highest BCUT2D eigenvalue weighted by Gasteiger charge is 2.22. The van der Waals surface area contributed by atoms with Crippen molar-refractivity contribution in [3.63, 3.8) is 0 Å². The van der Waals surface area contributed by atoms with Gasteiger partial charge < -0.3 is 14.2 Å². The third-order valence-corrected chi connectivity index (χ3v) is 17.1. The van der Waals surface area contributed by atoms with Crippen LogP contribution in [0.1, 0.15) is 242 Å². The van der Waals surface area contributed by atoms with Crippen molar-refractivity contribution in [1.82, 2.24) is 0 Å². The van der Waals surface area contributed by atoms with Gasteiger partial charge in [-0.2, -0.15) is 0 Å². The summed E-state index contributed by atoms with van der Waals surface area (Å²) in [4.78, 5) is 0. The molecule has 3 nitrogen and oxygen atoms in total. The van der Waals surface area contributed by atoms with Gasteiger partial charge in [0.05, 0.1) is 6.61 Å². The SMILES string of the molecule is CC(C)(C)c1ccc2c(c1)CCC2.CC(C)(C)c1ccc2c(c1)CCC2.CC(C)(C)c1ccc2c(c1)OCC2.CC(C)(C)c1ccc2c(c1)OCCO2.Cc1ccc(C(C)(C)C)cc1.Cc1ccc(C(C)(C)C)cc1Cl.Cc1cccc(C(C)(C)C)c1. The fourth-order valence-corrected chi connectivity index (χ4v) is 10.6. The number of fused-ring (bicyclic) bond motifs is 4. The molecule has 87 heavy (non-hydrogen) atoms. The van der Waals surface area contributed by atoms with Crippen LogP contribution in [0.25, 0.3) is 0 Å². The third kappa shape index (κ3) is 23.0. The van der Waals surface area contributed by atoms with Gasteiger partial charge in [0, 0.05) is 11.4 Å². The minimum absolute atomic E-state index is 0.163. The first-order chi connectivity index (χ1) is 40.2. The Hall–Kier alpha value is -5.77. The Morgan fingerprint density at radius 2 is 0.632 bits per heavy atom. The minimum atomic E-state index is 0.163. The van der Waals surface area contributed by atoms with E-state index in [0.29, 0.717) is 24.0 Å². The molecule has 7 aromatic rings. The monoisotopic (exact) mass is 1190 g/mol. The van der Waals surface area contributed by atoms with Gasteiger partial charge in [-0.25, -0.2) is 0 Å². The first-order valence-electron chi connectivity index (χ1n) is 32.5. The van der Waals surface area contributed by atoms with Gasteiger partial charge in [-0.15, -0.1) is 0 Å². The molecule has 7 aromatic carbocycles. The van der Waals surface area contributed by atoms with Gasteiger partial charge in [0.1, 0.15) is 19.0 Å². The van der Waals surface area contributed by atoms with Crippen LogP contribution in [-0.2, 0) is 70.0 Å². The van der Waals surface area contributed by atoms with Crippen molar-refractivity contribution in [2.75, 3.05) is 19.8 Å². The van der Waals surface area contributed by atoms with Crippen LogP contribution in [0.15, 0.2) is 140 Å². The number of rotatable bonds is 0. The van der Waals surface area contributed by atoms with E-state index in [2.05, 4.69) is 293 Å². The van der Waals surface area contributed by atoms with E-state index in [-0.39, 0.29) is 27.1 Å². The van der Waals surface area contributed by atoms with Gasteiger partial charge in [-0.1, -0.05) is 283 Å². The predicted molar refractivity (Wildman–Crippen MR) is 379 cm³/mol. The zero-order valence-electron chi connectivity index (χ0n) is 59.0. The highest BCUT2D eigenvalue weighted by atomic mass is 35.5. The zero-order valence-corrected chi connectivity index (χ0v) is 59.7. The summed E-state index contributed by atoms with van der Waals surface area (Å²) in [5, 5.41) is 0.863. The maximum absolute atomic E-state index is 6.02. The van der Waals surface area contributed by atoms with Gasteiger partial charge in [0.25, 0.3) is 0 Å². The van der Waals surface area contributed by atoms with Crippen molar-refractivity contribution >= 4 is 11.6 Å². The molecule has 0 N–H and O–H groups in total. The Morgan fingerprint density at radius 1 is 0.276 bits per heavy atom. The predicted octanol–water partition coefficient (Wildman–Crippen LogP) is 23.2. The molecule has 4 heteroatoms. The summed E-state index contributed by atoms with van der Waals surface area (Å²) in [5.74, 6) is 2.83. The lowest BCUT2D eigenvalue weighted by atomic mass is 9.85. The van der Waals surface area contributed by atoms with E-state index in [9.17, 15) is 0 Å². The summed E-state index contributed by atoms with van der Waals surface area (Å²) < 4.78 is 16.5. The lowest BCUT2D eigenvalue weighted by Crippen LogP contribution is -2.17. The van der Waals surface area contributed by atoms with E-state index >= 15 is 0 Å². The molecule has 4 aliphatic rings. The number of hydrogen-bond donors (Lipinski definition) is 0. The summed E-state index contributed by atoms with van der Waals surface area (Å²) >= 11 is 6.02. The highest BCUT2D eigenvalue weighted by Crippen LogP contribution is 2.36. The van der Waals surface area contributed by atoms with Crippen molar-refractivity contribution in [3.8, 4) is 17.2 Å². The molecule has 0 spiro atoms. The van der Waals surface area contributed by atoms with E-state index in [1.165, 1.54) is 94.2 Å². The second-order valence-electron chi connectivity index (χ2n) is 31.9. The summed E-state index contributed by atoms with van der Waals surface area (Å²) in [5.41, 5.74) is 23.0. The molecular weight excluding hydrogens is 1080 g/mol. The van der Waals surface area contributed by atoms with Crippen molar-refractivity contribution in [2.24, 2.45) is 0 Å². The van der Waals surface area contributed by atoms with Crippen LogP contribution in [0.4, 0.5) is 0 Å².